The quantitative estimate of drug-likeness (QED) is 0.585. The van der Waals surface area contributed by atoms with Crippen molar-refractivity contribution in [3.63, 3.8) is 0 Å². The number of amides is 1. The molecular weight excluding hydrogens is 374 g/mol. The third kappa shape index (κ3) is 5.65. The van der Waals surface area contributed by atoms with Crippen molar-refractivity contribution in [3.05, 3.63) is 65.5 Å². The van der Waals surface area contributed by atoms with Crippen molar-refractivity contribution in [3.8, 4) is 17.2 Å². The molecule has 0 aliphatic carbocycles. The average molecular weight is 395 g/mol. The van der Waals surface area contributed by atoms with E-state index < -0.39 is 5.97 Å². The minimum Gasteiger partial charge on any atom is -0.494 e. The molecule has 0 fully saturated rings. The summed E-state index contributed by atoms with van der Waals surface area (Å²) >= 11 is 0. The molecule has 1 amide bonds. The molecule has 150 valence electrons. The molecule has 0 saturated carbocycles. The predicted octanol–water partition coefficient (Wildman–Crippen LogP) is 2.92. The van der Waals surface area contributed by atoms with E-state index in [0.29, 0.717) is 23.8 Å². The van der Waals surface area contributed by atoms with E-state index in [0.717, 1.165) is 11.1 Å². The summed E-state index contributed by atoms with van der Waals surface area (Å²) in [4.78, 5) is 23.9. The molecule has 1 heterocycles. The van der Waals surface area contributed by atoms with Crippen LogP contribution in [0.4, 0.5) is 0 Å². The van der Waals surface area contributed by atoms with Crippen molar-refractivity contribution >= 4 is 11.9 Å². The van der Waals surface area contributed by atoms with Crippen molar-refractivity contribution in [1.82, 2.24) is 15.5 Å². The van der Waals surface area contributed by atoms with E-state index in [1.165, 1.54) is 0 Å². The zero-order valence-corrected chi connectivity index (χ0v) is 16.2. The smallest absolute Gasteiger partial charge is 0.325 e. The molecule has 8 heteroatoms. The highest BCUT2D eigenvalue weighted by Crippen LogP contribution is 2.19. The van der Waals surface area contributed by atoms with E-state index in [-0.39, 0.29) is 24.9 Å². The molecular formula is C21H21N3O5. The molecule has 0 atom stereocenters. The van der Waals surface area contributed by atoms with Gasteiger partial charge in [0.15, 0.2) is 6.61 Å². The Labute approximate surface area is 167 Å². The fourth-order valence-electron chi connectivity index (χ4n) is 2.52. The van der Waals surface area contributed by atoms with Gasteiger partial charge in [0.05, 0.1) is 6.61 Å². The van der Waals surface area contributed by atoms with Gasteiger partial charge in [-0.25, -0.2) is 0 Å². The van der Waals surface area contributed by atoms with Crippen LogP contribution < -0.4 is 10.1 Å². The molecule has 1 N–H and O–H groups in total. The number of nitrogens with zero attached hydrogens (tertiary/aromatic N) is 2. The largest absolute Gasteiger partial charge is 0.494 e. The van der Waals surface area contributed by atoms with Crippen LogP contribution in [0, 0.1) is 6.92 Å². The van der Waals surface area contributed by atoms with Crippen LogP contribution >= 0.6 is 0 Å². The highest BCUT2D eigenvalue weighted by molar-refractivity contribution is 5.96. The van der Waals surface area contributed by atoms with Crippen LogP contribution in [0.5, 0.6) is 5.75 Å². The number of carbonyl (C=O) groups excluding carboxylic acids is 2. The van der Waals surface area contributed by atoms with Gasteiger partial charge in [-0.15, -0.1) is 10.2 Å². The number of esters is 1. The lowest BCUT2D eigenvalue weighted by Crippen LogP contribution is -2.30. The number of aromatic nitrogens is 2. The molecule has 1 aromatic heterocycles. The summed E-state index contributed by atoms with van der Waals surface area (Å²) in [5, 5.41) is 10.3. The van der Waals surface area contributed by atoms with Crippen molar-refractivity contribution in [2.75, 3.05) is 13.2 Å². The number of aryl methyl sites for hydroxylation is 1. The summed E-state index contributed by atoms with van der Waals surface area (Å²) in [7, 11) is 0. The van der Waals surface area contributed by atoms with Gasteiger partial charge in [-0.3, -0.25) is 9.59 Å². The maximum Gasteiger partial charge on any atom is 0.325 e. The van der Waals surface area contributed by atoms with Crippen LogP contribution in [0.1, 0.15) is 28.7 Å². The molecule has 0 radical (unpaired) electrons. The molecule has 0 unspecified atom stereocenters. The van der Waals surface area contributed by atoms with Crippen LogP contribution in [0.15, 0.2) is 52.9 Å². The summed E-state index contributed by atoms with van der Waals surface area (Å²) in [5.74, 6) is 0.202. The van der Waals surface area contributed by atoms with Crippen molar-refractivity contribution in [2.24, 2.45) is 0 Å². The molecule has 0 saturated heterocycles. The Bertz CT molecular complexity index is 982. The monoisotopic (exact) mass is 395 g/mol. The third-order valence-electron chi connectivity index (χ3n) is 3.91. The summed E-state index contributed by atoms with van der Waals surface area (Å²) in [6, 6.07) is 14.3. The Morgan fingerprint density at radius 3 is 2.62 bits per heavy atom. The average Bonchev–Trinajstić information content (AvgIpc) is 3.20. The first kappa shape index (κ1) is 20.1. The lowest BCUT2D eigenvalue weighted by molar-refractivity contribution is -0.144. The van der Waals surface area contributed by atoms with E-state index in [2.05, 4.69) is 15.5 Å². The van der Waals surface area contributed by atoms with Gasteiger partial charge >= 0.3 is 5.97 Å². The number of hydrogen-bond acceptors (Lipinski definition) is 7. The van der Waals surface area contributed by atoms with Gasteiger partial charge < -0.3 is 19.2 Å². The molecule has 0 aliphatic rings. The number of benzene rings is 2. The molecule has 0 aliphatic heterocycles. The summed E-state index contributed by atoms with van der Waals surface area (Å²) in [5.41, 5.74) is 2.27. The van der Waals surface area contributed by atoms with Gasteiger partial charge in [-0.05, 0) is 50.2 Å². The molecule has 0 spiro atoms. The first-order valence-corrected chi connectivity index (χ1v) is 9.11. The van der Waals surface area contributed by atoms with Crippen LogP contribution in [-0.4, -0.2) is 35.2 Å². The Kier molecular flexibility index (Phi) is 6.57. The van der Waals surface area contributed by atoms with Crippen LogP contribution in [0.3, 0.4) is 0 Å². The predicted molar refractivity (Wildman–Crippen MR) is 104 cm³/mol. The Morgan fingerprint density at radius 2 is 1.90 bits per heavy atom. The minimum absolute atomic E-state index is 0.170. The Balaban J connectivity index is 1.46. The second-order valence-corrected chi connectivity index (χ2v) is 6.17. The summed E-state index contributed by atoms with van der Waals surface area (Å²) < 4.78 is 15.9. The van der Waals surface area contributed by atoms with E-state index in [9.17, 15) is 9.59 Å². The highest BCUT2D eigenvalue weighted by atomic mass is 16.5. The summed E-state index contributed by atoms with van der Waals surface area (Å²) in [6.07, 6.45) is 0. The SMILES string of the molecule is CCOc1ccc(C(=O)NCC(=O)OCc2nnc(-c3cccc(C)c3)o2)cc1. The number of rotatable bonds is 8. The maximum absolute atomic E-state index is 12.1. The standard InChI is InChI=1S/C21H21N3O5/c1-3-27-17-9-7-15(8-10-17)20(26)22-12-19(25)28-13-18-23-24-21(29-18)16-6-4-5-14(2)11-16/h4-11H,3,12-13H2,1-2H3,(H,22,26). The fraction of sp³-hybridized carbons (Fsp3) is 0.238. The molecule has 29 heavy (non-hydrogen) atoms. The second-order valence-electron chi connectivity index (χ2n) is 6.17. The number of ether oxygens (including phenoxy) is 2. The Hall–Kier alpha value is -3.68. The molecule has 0 bridgehead atoms. The van der Waals surface area contributed by atoms with Crippen molar-refractivity contribution in [2.45, 2.75) is 20.5 Å². The van der Waals surface area contributed by atoms with Gasteiger partial charge in [-0.2, -0.15) is 0 Å². The fourth-order valence-corrected chi connectivity index (χ4v) is 2.52. The first-order valence-electron chi connectivity index (χ1n) is 9.11. The minimum atomic E-state index is -0.611. The first-order chi connectivity index (χ1) is 14.0. The lowest BCUT2D eigenvalue weighted by Gasteiger charge is -2.06. The van der Waals surface area contributed by atoms with Crippen molar-refractivity contribution in [1.29, 1.82) is 0 Å². The van der Waals surface area contributed by atoms with Crippen LogP contribution in [-0.2, 0) is 16.1 Å². The number of hydrogen-bond donors (Lipinski definition) is 1. The van der Waals surface area contributed by atoms with Crippen LogP contribution in [0.25, 0.3) is 11.5 Å². The van der Waals surface area contributed by atoms with E-state index in [4.69, 9.17) is 13.9 Å². The van der Waals surface area contributed by atoms with Gasteiger partial charge in [-0.1, -0.05) is 17.7 Å². The van der Waals surface area contributed by atoms with E-state index in [1.807, 2.05) is 38.1 Å². The summed E-state index contributed by atoms with van der Waals surface area (Å²) in [6.45, 7) is 3.94. The number of nitrogens with one attached hydrogen (secondary N) is 1. The van der Waals surface area contributed by atoms with Gasteiger partial charge in [0.2, 0.25) is 5.89 Å². The van der Waals surface area contributed by atoms with Crippen molar-refractivity contribution < 1.29 is 23.5 Å². The third-order valence-corrected chi connectivity index (χ3v) is 3.91. The Morgan fingerprint density at radius 1 is 1.10 bits per heavy atom. The second kappa shape index (κ2) is 9.50. The number of carbonyl (C=O) groups is 2. The zero-order valence-electron chi connectivity index (χ0n) is 16.2. The van der Waals surface area contributed by atoms with E-state index in [1.54, 1.807) is 24.3 Å². The topological polar surface area (TPSA) is 104 Å². The molecule has 3 rings (SSSR count). The van der Waals surface area contributed by atoms with Gasteiger partial charge in [0.25, 0.3) is 11.8 Å². The maximum atomic E-state index is 12.1. The zero-order chi connectivity index (χ0) is 20.6. The van der Waals surface area contributed by atoms with Crippen LogP contribution in [0.2, 0.25) is 0 Å². The molecule has 3 aromatic rings. The van der Waals surface area contributed by atoms with Gasteiger partial charge in [0, 0.05) is 11.1 Å². The molecule has 8 nitrogen and oxygen atoms in total. The normalized spacial score (nSPS) is 10.4. The highest BCUT2D eigenvalue weighted by Gasteiger charge is 2.13. The lowest BCUT2D eigenvalue weighted by atomic mass is 10.1. The van der Waals surface area contributed by atoms with Gasteiger partial charge in [0.1, 0.15) is 12.3 Å². The molecule has 2 aromatic carbocycles. The van der Waals surface area contributed by atoms with E-state index >= 15 is 0 Å².